The predicted molar refractivity (Wildman–Crippen MR) is 73.7 cm³/mol. The molecule has 0 aliphatic heterocycles. The number of nitrogens with two attached hydrogens (primary N) is 1. The van der Waals surface area contributed by atoms with Crippen LogP contribution in [0, 0.1) is 0 Å². The van der Waals surface area contributed by atoms with Crippen molar-refractivity contribution < 1.29 is 10.3 Å². The Morgan fingerprint density at radius 1 is 1.47 bits per heavy atom. The number of hydrogen-bond donors (Lipinski definition) is 3. The summed E-state index contributed by atoms with van der Waals surface area (Å²) in [7, 11) is 0. The second-order valence-electron chi connectivity index (χ2n) is 3.69. The fourth-order valence-electron chi connectivity index (χ4n) is 1.16. The molecule has 0 radical (unpaired) electrons. The molecule has 0 amide bonds. The van der Waals surface area contributed by atoms with Crippen molar-refractivity contribution in [2.45, 2.75) is 30.1 Å². The number of thioether (sulfide) groups is 1. The van der Waals surface area contributed by atoms with Crippen molar-refractivity contribution >= 4 is 33.5 Å². The third-order valence-corrected chi connectivity index (χ3v) is 4.17. The van der Waals surface area contributed by atoms with Crippen molar-refractivity contribution in [3.8, 4) is 0 Å². The van der Waals surface area contributed by atoms with Gasteiger partial charge in [-0.3, -0.25) is 0 Å². The highest BCUT2D eigenvalue weighted by molar-refractivity contribution is 9.10. The van der Waals surface area contributed by atoms with Crippen LogP contribution < -0.4 is 5.73 Å². The van der Waals surface area contributed by atoms with Gasteiger partial charge in [0.25, 0.3) is 0 Å². The maximum atomic E-state index is 9.49. The highest BCUT2D eigenvalue weighted by Gasteiger charge is 2.15. The van der Waals surface area contributed by atoms with Crippen LogP contribution in [0.4, 0.5) is 0 Å². The van der Waals surface area contributed by atoms with Gasteiger partial charge < -0.3 is 16.0 Å². The van der Waals surface area contributed by atoms with Crippen molar-refractivity contribution in [1.82, 2.24) is 0 Å². The number of aliphatic hydroxyl groups is 1. The van der Waals surface area contributed by atoms with Gasteiger partial charge in [-0.2, -0.15) is 0 Å². The van der Waals surface area contributed by atoms with Gasteiger partial charge in [-0.1, -0.05) is 28.0 Å². The topological polar surface area (TPSA) is 78.8 Å². The van der Waals surface area contributed by atoms with E-state index in [1.165, 1.54) is 11.8 Å². The molecule has 0 saturated carbocycles. The Balaban J connectivity index is 3.07. The number of benzene rings is 1. The van der Waals surface area contributed by atoms with E-state index in [0.29, 0.717) is 5.56 Å². The van der Waals surface area contributed by atoms with E-state index in [1.807, 2.05) is 19.1 Å². The lowest BCUT2D eigenvalue weighted by atomic mass is 10.2. The third kappa shape index (κ3) is 3.90. The predicted octanol–water partition coefficient (Wildman–Crippen LogP) is 2.40. The number of oxime groups is 1. The lowest BCUT2D eigenvalue weighted by Gasteiger charge is -2.16. The molecule has 0 aromatic heterocycles. The monoisotopic (exact) mass is 318 g/mol. The molecule has 6 heteroatoms. The highest BCUT2D eigenvalue weighted by atomic mass is 79.9. The summed E-state index contributed by atoms with van der Waals surface area (Å²) in [5.41, 5.74) is 6.27. The van der Waals surface area contributed by atoms with Gasteiger partial charge in [-0.05, 0) is 25.1 Å². The van der Waals surface area contributed by atoms with Crippen LogP contribution in [0.15, 0.2) is 32.7 Å². The summed E-state index contributed by atoms with van der Waals surface area (Å²) in [6.07, 6.45) is -0.431. The fraction of sp³-hybridized carbons (Fsp3) is 0.364. The van der Waals surface area contributed by atoms with Gasteiger partial charge in [0, 0.05) is 20.2 Å². The molecule has 2 unspecified atom stereocenters. The molecule has 1 aromatic rings. The van der Waals surface area contributed by atoms with E-state index < -0.39 is 6.10 Å². The summed E-state index contributed by atoms with van der Waals surface area (Å²) in [5.74, 6) is 0.0674. The van der Waals surface area contributed by atoms with Crippen molar-refractivity contribution in [3.05, 3.63) is 28.2 Å². The zero-order valence-corrected chi connectivity index (χ0v) is 12.0. The Morgan fingerprint density at radius 2 is 2.12 bits per heavy atom. The summed E-state index contributed by atoms with van der Waals surface area (Å²) in [6.45, 7) is 3.66. The lowest BCUT2D eigenvalue weighted by Crippen LogP contribution is -2.18. The minimum absolute atomic E-state index is 0.0227. The molecule has 0 saturated heterocycles. The smallest absolute Gasteiger partial charge is 0.171 e. The van der Waals surface area contributed by atoms with E-state index in [2.05, 4.69) is 21.1 Å². The van der Waals surface area contributed by atoms with E-state index in [9.17, 15) is 5.11 Å². The van der Waals surface area contributed by atoms with E-state index >= 15 is 0 Å². The molecule has 0 aliphatic carbocycles. The van der Waals surface area contributed by atoms with Gasteiger partial charge in [-0.15, -0.1) is 11.8 Å². The number of nitrogens with zero attached hydrogens (tertiary/aromatic N) is 1. The highest BCUT2D eigenvalue weighted by Crippen LogP contribution is 2.30. The zero-order chi connectivity index (χ0) is 13.0. The van der Waals surface area contributed by atoms with Crippen LogP contribution in [-0.2, 0) is 0 Å². The van der Waals surface area contributed by atoms with E-state index in [-0.39, 0.29) is 11.1 Å². The van der Waals surface area contributed by atoms with Crippen LogP contribution in [0.2, 0.25) is 0 Å². The number of hydrogen-bond acceptors (Lipinski definition) is 4. The van der Waals surface area contributed by atoms with Gasteiger partial charge in [0.2, 0.25) is 0 Å². The van der Waals surface area contributed by atoms with Gasteiger partial charge in [0.1, 0.15) is 0 Å². The first-order valence-corrected chi connectivity index (χ1v) is 6.75. The Hall–Kier alpha value is -0.720. The number of amidine groups is 1. The minimum atomic E-state index is -0.431. The van der Waals surface area contributed by atoms with Gasteiger partial charge in [0.05, 0.1) is 6.10 Å². The summed E-state index contributed by atoms with van der Waals surface area (Å²) in [4.78, 5) is 0.864. The first kappa shape index (κ1) is 14.3. The third-order valence-electron chi connectivity index (χ3n) is 2.32. The largest absolute Gasteiger partial charge is 0.409 e. The summed E-state index contributed by atoms with van der Waals surface area (Å²) in [6, 6.07) is 5.48. The lowest BCUT2D eigenvalue weighted by molar-refractivity contribution is 0.196. The molecule has 0 spiro atoms. The minimum Gasteiger partial charge on any atom is -0.409 e. The van der Waals surface area contributed by atoms with E-state index in [1.54, 1.807) is 13.0 Å². The second-order valence-corrected chi connectivity index (χ2v) is 6.02. The molecule has 1 aromatic carbocycles. The molecular formula is C11H15BrN2O2S. The first-order valence-electron chi connectivity index (χ1n) is 5.08. The Morgan fingerprint density at radius 3 is 2.65 bits per heavy atom. The molecule has 4 nitrogen and oxygen atoms in total. The second kappa shape index (κ2) is 6.28. The molecular weight excluding hydrogens is 304 g/mol. The van der Waals surface area contributed by atoms with Crippen LogP contribution >= 0.6 is 27.7 Å². The molecule has 4 N–H and O–H groups in total. The molecule has 0 fully saturated rings. The van der Waals surface area contributed by atoms with Gasteiger partial charge >= 0.3 is 0 Å². The maximum Gasteiger partial charge on any atom is 0.171 e. The van der Waals surface area contributed by atoms with E-state index in [4.69, 9.17) is 10.9 Å². The average Bonchev–Trinajstić information content (AvgIpc) is 2.28. The van der Waals surface area contributed by atoms with Crippen molar-refractivity contribution in [2.24, 2.45) is 10.9 Å². The van der Waals surface area contributed by atoms with Crippen LogP contribution in [-0.4, -0.2) is 27.5 Å². The van der Waals surface area contributed by atoms with Crippen molar-refractivity contribution in [2.75, 3.05) is 0 Å². The molecule has 0 aliphatic rings. The Bertz CT molecular complexity index is 424. The van der Waals surface area contributed by atoms with Crippen LogP contribution in [0.3, 0.4) is 0 Å². The van der Waals surface area contributed by atoms with Crippen LogP contribution in [0.25, 0.3) is 0 Å². The normalized spacial score (nSPS) is 15.6. The zero-order valence-electron chi connectivity index (χ0n) is 9.59. The van der Waals surface area contributed by atoms with Gasteiger partial charge in [-0.25, -0.2) is 0 Å². The number of rotatable bonds is 4. The molecule has 1 rings (SSSR count). The first-order chi connectivity index (χ1) is 7.95. The van der Waals surface area contributed by atoms with Crippen molar-refractivity contribution in [1.29, 1.82) is 0 Å². The standard InChI is InChI=1S/C11H15BrN2O2S/c1-6(15)7(2)17-10-5-8(12)3-4-9(10)11(13)14-16/h3-7,15-16H,1-2H3,(H2,13,14). The SMILES string of the molecule is CC(O)C(C)Sc1cc(Br)ccc1/C(N)=N/O. The quantitative estimate of drug-likeness (QED) is 0.262. The fourth-order valence-corrected chi connectivity index (χ4v) is 2.76. The Labute approximate surface area is 113 Å². The Kier molecular flexibility index (Phi) is 5.30. The maximum absolute atomic E-state index is 9.49. The molecule has 94 valence electrons. The van der Waals surface area contributed by atoms with E-state index in [0.717, 1.165) is 9.37 Å². The number of halogens is 1. The molecule has 0 heterocycles. The summed E-state index contributed by atoms with van der Waals surface area (Å²) >= 11 is 4.86. The number of aliphatic hydroxyl groups excluding tert-OH is 1. The summed E-state index contributed by atoms with van der Waals surface area (Å²) < 4.78 is 0.910. The average molecular weight is 319 g/mol. The van der Waals surface area contributed by atoms with Gasteiger partial charge in [0.15, 0.2) is 5.84 Å². The van der Waals surface area contributed by atoms with Crippen LogP contribution in [0.5, 0.6) is 0 Å². The van der Waals surface area contributed by atoms with Crippen molar-refractivity contribution in [3.63, 3.8) is 0 Å². The molecule has 17 heavy (non-hydrogen) atoms. The molecule has 2 atom stereocenters. The summed E-state index contributed by atoms with van der Waals surface area (Å²) in [5, 5.41) is 21.2. The molecule has 0 bridgehead atoms. The van der Waals surface area contributed by atoms with Crippen LogP contribution in [0.1, 0.15) is 19.4 Å².